The first-order chi connectivity index (χ1) is 13.1. The van der Waals surface area contributed by atoms with E-state index in [9.17, 15) is 4.79 Å². The highest BCUT2D eigenvalue weighted by atomic mass is 35.5. The summed E-state index contributed by atoms with van der Waals surface area (Å²) < 4.78 is 0. The lowest BCUT2D eigenvalue weighted by Gasteiger charge is -2.37. The third-order valence-electron chi connectivity index (χ3n) is 6.65. The van der Waals surface area contributed by atoms with E-state index in [2.05, 4.69) is 45.9 Å². The van der Waals surface area contributed by atoms with Gasteiger partial charge in [0, 0.05) is 63.5 Å². The zero-order valence-corrected chi connectivity index (χ0v) is 19.1. The van der Waals surface area contributed by atoms with Gasteiger partial charge in [0.2, 0.25) is 5.91 Å². The Bertz CT molecular complexity index is 645. The van der Waals surface area contributed by atoms with Crippen LogP contribution in [0.1, 0.15) is 37.7 Å². The van der Waals surface area contributed by atoms with E-state index in [0.717, 1.165) is 58.0 Å². The van der Waals surface area contributed by atoms with Gasteiger partial charge in [0.05, 0.1) is 0 Å². The van der Waals surface area contributed by atoms with Crippen molar-refractivity contribution < 1.29 is 4.79 Å². The summed E-state index contributed by atoms with van der Waals surface area (Å²) in [6.45, 7) is 7.52. The number of nitrogens with two attached hydrogens (primary N) is 1. The summed E-state index contributed by atoms with van der Waals surface area (Å²) in [5.74, 6) is 1.19. The van der Waals surface area contributed by atoms with Gasteiger partial charge in [0.15, 0.2) is 0 Å². The van der Waals surface area contributed by atoms with Crippen molar-refractivity contribution >= 4 is 36.4 Å². The minimum atomic E-state index is 0. The second kappa shape index (κ2) is 10.9. The number of nitrogens with zero attached hydrogens (tertiary/aromatic N) is 3. The molecule has 0 aromatic heterocycles. The highest BCUT2D eigenvalue weighted by Crippen LogP contribution is 2.35. The molecule has 0 spiro atoms. The predicted molar refractivity (Wildman–Crippen MR) is 124 cm³/mol. The van der Waals surface area contributed by atoms with Gasteiger partial charge < -0.3 is 15.5 Å². The largest absolute Gasteiger partial charge is 0.368 e. The summed E-state index contributed by atoms with van der Waals surface area (Å²) in [4.78, 5) is 20.0. The Balaban J connectivity index is 0.00000150. The summed E-state index contributed by atoms with van der Waals surface area (Å²) in [5, 5.41) is 0. The third-order valence-corrected chi connectivity index (χ3v) is 6.65. The maximum atomic E-state index is 12.9. The summed E-state index contributed by atoms with van der Waals surface area (Å²) in [6, 6.07) is 9.59. The maximum Gasteiger partial charge on any atom is 0.224 e. The van der Waals surface area contributed by atoms with Crippen molar-refractivity contribution in [2.24, 2.45) is 11.7 Å². The SMILES string of the molecule is Cc1ccc(N2CCN(C(=O)C[C@@H]3CC[C@H](CN)N3CC3CC3)CC2)cc1.Cl.Cl. The Morgan fingerprint density at radius 1 is 0.966 bits per heavy atom. The van der Waals surface area contributed by atoms with Gasteiger partial charge in [0.1, 0.15) is 0 Å². The normalized spacial score (nSPS) is 24.8. The smallest absolute Gasteiger partial charge is 0.224 e. The number of anilines is 1. The van der Waals surface area contributed by atoms with Gasteiger partial charge in [-0.1, -0.05) is 17.7 Å². The Morgan fingerprint density at radius 3 is 2.17 bits per heavy atom. The molecule has 0 radical (unpaired) electrons. The van der Waals surface area contributed by atoms with E-state index in [4.69, 9.17) is 5.73 Å². The number of halogens is 2. The maximum absolute atomic E-state index is 12.9. The van der Waals surface area contributed by atoms with Crippen molar-refractivity contribution in [3.05, 3.63) is 29.8 Å². The Morgan fingerprint density at radius 2 is 1.59 bits per heavy atom. The second-order valence-corrected chi connectivity index (χ2v) is 8.67. The molecular formula is C22H36Cl2N4O. The van der Waals surface area contributed by atoms with Gasteiger partial charge in [0.25, 0.3) is 0 Å². The Kier molecular flexibility index (Phi) is 9.08. The predicted octanol–water partition coefficient (Wildman–Crippen LogP) is 3.08. The fourth-order valence-electron chi connectivity index (χ4n) is 4.68. The van der Waals surface area contributed by atoms with Gasteiger partial charge in [-0.3, -0.25) is 9.69 Å². The number of hydrogen-bond donors (Lipinski definition) is 1. The zero-order chi connectivity index (χ0) is 18.8. The molecule has 1 amide bonds. The van der Waals surface area contributed by atoms with E-state index in [1.165, 1.54) is 24.1 Å². The van der Waals surface area contributed by atoms with Crippen LogP contribution in [0, 0.1) is 12.8 Å². The fourth-order valence-corrected chi connectivity index (χ4v) is 4.68. The van der Waals surface area contributed by atoms with Crippen LogP contribution >= 0.6 is 24.8 Å². The average molecular weight is 443 g/mol. The molecule has 1 aromatic carbocycles. The monoisotopic (exact) mass is 442 g/mol. The van der Waals surface area contributed by atoms with Gasteiger partial charge >= 0.3 is 0 Å². The Labute approximate surface area is 187 Å². The lowest BCUT2D eigenvalue weighted by molar-refractivity contribution is -0.132. The second-order valence-electron chi connectivity index (χ2n) is 8.67. The minimum Gasteiger partial charge on any atom is -0.368 e. The van der Waals surface area contributed by atoms with Crippen LogP contribution in [0.15, 0.2) is 24.3 Å². The van der Waals surface area contributed by atoms with Crippen molar-refractivity contribution in [2.45, 2.75) is 51.1 Å². The number of carbonyl (C=O) groups is 1. The molecule has 5 nitrogen and oxygen atoms in total. The quantitative estimate of drug-likeness (QED) is 0.734. The molecule has 2 atom stereocenters. The van der Waals surface area contributed by atoms with E-state index in [1.54, 1.807) is 0 Å². The van der Waals surface area contributed by atoms with E-state index in [1.807, 2.05) is 0 Å². The summed E-state index contributed by atoms with van der Waals surface area (Å²) in [6.07, 6.45) is 5.67. The average Bonchev–Trinajstić information content (AvgIpc) is 3.43. The van der Waals surface area contributed by atoms with Crippen LogP contribution in [0.4, 0.5) is 5.69 Å². The molecule has 1 saturated carbocycles. The Hall–Kier alpha value is -1.01. The fraction of sp³-hybridized carbons (Fsp3) is 0.682. The minimum absolute atomic E-state index is 0. The van der Waals surface area contributed by atoms with Crippen LogP contribution in [0.5, 0.6) is 0 Å². The molecule has 7 heteroatoms. The lowest BCUT2D eigenvalue weighted by Crippen LogP contribution is -2.50. The van der Waals surface area contributed by atoms with Crippen LogP contribution in [-0.4, -0.2) is 67.1 Å². The van der Waals surface area contributed by atoms with Gasteiger partial charge in [-0.15, -0.1) is 24.8 Å². The number of amides is 1. The van der Waals surface area contributed by atoms with Gasteiger partial charge in [-0.2, -0.15) is 0 Å². The van der Waals surface area contributed by atoms with Gasteiger partial charge in [-0.05, 0) is 50.7 Å². The van der Waals surface area contributed by atoms with Crippen LogP contribution in [0.25, 0.3) is 0 Å². The molecule has 164 valence electrons. The van der Waals surface area contributed by atoms with Crippen molar-refractivity contribution in [1.82, 2.24) is 9.80 Å². The lowest BCUT2D eigenvalue weighted by atomic mass is 10.1. The number of hydrogen-bond acceptors (Lipinski definition) is 4. The number of likely N-dealkylation sites (tertiary alicyclic amines) is 1. The first kappa shape index (κ1) is 24.3. The van der Waals surface area contributed by atoms with Crippen LogP contribution < -0.4 is 10.6 Å². The number of rotatable bonds is 6. The highest BCUT2D eigenvalue weighted by Gasteiger charge is 2.38. The van der Waals surface area contributed by atoms with Crippen LogP contribution in [0.2, 0.25) is 0 Å². The number of benzene rings is 1. The van der Waals surface area contributed by atoms with Crippen LogP contribution in [-0.2, 0) is 4.79 Å². The molecule has 29 heavy (non-hydrogen) atoms. The van der Waals surface area contributed by atoms with E-state index >= 15 is 0 Å². The van der Waals surface area contributed by atoms with Crippen molar-refractivity contribution in [1.29, 1.82) is 0 Å². The van der Waals surface area contributed by atoms with Crippen LogP contribution in [0.3, 0.4) is 0 Å². The molecule has 3 aliphatic rings. The summed E-state index contributed by atoms with van der Waals surface area (Å²) >= 11 is 0. The molecule has 2 N–H and O–H groups in total. The first-order valence-electron chi connectivity index (χ1n) is 10.7. The number of carbonyl (C=O) groups excluding carboxylic acids is 1. The summed E-state index contributed by atoms with van der Waals surface area (Å²) in [5.41, 5.74) is 8.55. The first-order valence-corrected chi connectivity index (χ1v) is 10.7. The molecule has 2 heterocycles. The standard InChI is InChI=1S/C22H34N4O.2ClH/c1-17-2-6-19(7-3-17)24-10-12-25(13-11-24)22(27)14-20-8-9-21(15-23)26(20)16-18-4-5-18;;/h2-3,6-7,18,20-21H,4-5,8-16,23H2,1H3;2*1H/t20-,21+;;/m0../s1. The molecule has 1 aromatic rings. The molecule has 0 bridgehead atoms. The molecule has 2 aliphatic heterocycles. The highest BCUT2D eigenvalue weighted by molar-refractivity contribution is 5.85. The molecule has 4 rings (SSSR count). The molecule has 3 fully saturated rings. The van der Waals surface area contributed by atoms with E-state index in [-0.39, 0.29) is 24.8 Å². The third kappa shape index (κ3) is 6.00. The van der Waals surface area contributed by atoms with Crippen molar-refractivity contribution in [3.8, 4) is 0 Å². The zero-order valence-electron chi connectivity index (χ0n) is 17.5. The van der Waals surface area contributed by atoms with Crippen molar-refractivity contribution in [3.63, 3.8) is 0 Å². The van der Waals surface area contributed by atoms with E-state index in [0.29, 0.717) is 24.4 Å². The van der Waals surface area contributed by atoms with E-state index < -0.39 is 0 Å². The topological polar surface area (TPSA) is 52.8 Å². The molecule has 1 aliphatic carbocycles. The molecular weight excluding hydrogens is 407 g/mol. The summed E-state index contributed by atoms with van der Waals surface area (Å²) in [7, 11) is 0. The van der Waals surface area contributed by atoms with Crippen molar-refractivity contribution in [2.75, 3.05) is 44.2 Å². The molecule has 0 unspecified atom stereocenters. The number of piperazine rings is 1. The van der Waals surface area contributed by atoms with Gasteiger partial charge in [-0.25, -0.2) is 0 Å². The molecule has 2 saturated heterocycles. The number of aryl methyl sites for hydroxylation is 1.